The number of aliphatic hydroxyl groups excluding tert-OH is 2. The van der Waals surface area contributed by atoms with Crippen molar-refractivity contribution in [3.05, 3.63) is 12.2 Å². The van der Waals surface area contributed by atoms with Crippen LogP contribution in [0.2, 0.25) is 0 Å². The standard InChI is InChI=1S/C65H127NO5/c1-3-5-7-9-11-13-15-17-19-21-22-23-24-25-26-27-28-30-31-33-37-41-45-49-53-57-63(68)62(61-67)66-64(69)58-54-50-46-42-38-35-36-40-44-48-52-56-60-71-65(70)59-55-51-47-43-39-34-32-29-20-18-16-14-12-10-8-6-4-2/h53,57,62-63,67-68H,3-52,54-56,58-61H2,1-2H3,(H,66,69)/b57-53+. The van der Waals surface area contributed by atoms with E-state index in [1.165, 1.54) is 283 Å². The fourth-order valence-electron chi connectivity index (χ4n) is 10.3. The minimum absolute atomic E-state index is 0.00545. The number of hydrogen-bond acceptors (Lipinski definition) is 5. The van der Waals surface area contributed by atoms with Crippen molar-refractivity contribution in [1.82, 2.24) is 5.32 Å². The molecule has 6 nitrogen and oxygen atoms in total. The number of unbranched alkanes of at least 4 members (excludes halogenated alkanes) is 50. The lowest BCUT2D eigenvalue weighted by atomic mass is 10.0. The first-order valence-electron chi connectivity index (χ1n) is 32.5. The van der Waals surface area contributed by atoms with Crippen LogP contribution >= 0.6 is 0 Å². The second-order valence-electron chi connectivity index (χ2n) is 22.5. The molecule has 3 N–H and O–H groups in total. The van der Waals surface area contributed by atoms with E-state index in [1.54, 1.807) is 6.08 Å². The fourth-order valence-corrected chi connectivity index (χ4v) is 10.3. The Bertz CT molecular complexity index is 1060. The number of carbonyl (C=O) groups is 2. The van der Waals surface area contributed by atoms with Gasteiger partial charge in [-0.05, 0) is 32.1 Å². The quantitative estimate of drug-likeness (QED) is 0.0320. The van der Waals surface area contributed by atoms with Gasteiger partial charge in [0.05, 0.1) is 25.4 Å². The predicted molar refractivity (Wildman–Crippen MR) is 310 cm³/mol. The second-order valence-corrected chi connectivity index (χ2v) is 22.5. The highest BCUT2D eigenvalue weighted by atomic mass is 16.5. The third kappa shape index (κ3) is 57.7. The summed E-state index contributed by atoms with van der Waals surface area (Å²) in [7, 11) is 0. The van der Waals surface area contributed by atoms with Crippen LogP contribution in [0.15, 0.2) is 12.2 Å². The van der Waals surface area contributed by atoms with E-state index >= 15 is 0 Å². The van der Waals surface area contributed by atoms with Crippen LogP contribution in [0, 0.1) is 0 Å². The molecule has 71 heavy (non-hydrogen) atoms. The number of nitrogens with one attached hydrogen (secondary N) is 1. The Hall–Kier alpha value is -1.40. The normalized spacial score (nSPS) is 12.6. The van der Waals surface area contributed by atoms with Crippen LogP contribution < -0.4 is 5.32 Å². The van der Waals surface area contributed by atoms with Crippen LogP contribution in [0.1, 0.15) is 367 Å². The van der Waals surface area contributed by atoms with Gasteiger partial charge in [0.2, 0.25) is 5.91 Å². The Labute approximate surface area is 444 Å². The molecular formula is C65H127NO5. The van der Waals surface area contributed by atoms with Crippen LogP contribution in [0.5, 0.6) is 0 Å². The first-order valence-corrected chi connectivity index (χ1v) is 32.5. The van der Waals surface area contributed by atoms with Crippen molar-refractivity contribution in [2.45, 2.75) is 379 Å². The molecule has 0 aromatic rings. The zero-order chi connectivity index (χ0) is 51.4. The number of rotatable bonds is 61. The van der Waals surface area contributed by atoms with Crippen LogP contribution in [-0.4, -0.2) is 47.4 Å². The third-order valence-corrected chi connectivity index (χ3v) is 15.3. The number of esters is 1. The molecular weight excluding hydrogens is 875 g/mol. The highest BCUT2D eigenvalue weighted by Crippen LogP contribution is 2.18. The Morgan fingerprint density at radius 3 is 0.958 bits per heavy atom. The zero-order valence-corrected chi connectivity index (χ0v) is 48.2. The maximum Gasteiger partial charge on any atom is 0.305 e. The molecule has 0 spiro atoms. The molecule has 0 fully saturated rings. The number of ether oxygens (including phenoxy) is 1. The summed E-state index contributed by atoms with van der Waals surface area (Å²) < 4.78 is 5.49. The van der Waals surface area contributed by atoms with Gasteiger partial charge >= 0.3 is 5.97 Å². The fraction of sp³-hybridized carbons (Fsp3) is 0.938. The van der Waals surface area contributed by atoms with Crippen molar-refractivity contribution in [1.29, 1.82) is 0 Å². The van der Waals surface area contributed by atoms with E-state index in [4.69, 9.17) is 4.74 Å². The van der Waals surface area contributed by atoms with E-state index in [9.17, 15) is 19.8 Å². The van der Waals surface area contributed by atoms with Crippen molar-refractivity contribution in [2.24, 2.45) is 0 Å². The third-order valence-electron chi connectivity index (χ3n) is 15.3. The molecule has 0 radical (unpaired) electrons. The Morgan fingerprint density at radius 2 is 0.648 bits per heavy atom. The Balaban J connectivity index is 3.45. The van der Waals surface area contributed by atoms with E-state index in [-0.39, 0.29) is 18.5 Å². The molecule has 0 aliphatic heterocycles. The minimum Gasteiger partial charge on any atom is -0.466 e. The van der Waals surface area contributed by atoms with Gasteiger partial charge in [0.25, 0.3) is 0 Å². The largest absolute Gasteiger partial charge is 0.466 e. The topological polar surface area (TPSA) is 95.9 Å². The lowest BCUT2D eigenvalue weighted by Crippen LogP contribution is -2.45. The van der Waals surface area contributed by atoms with Gasteiger partial charge in [-0.3, -0.25) is 9.59 Å². The van der Waals surface area contributed by atoms with Gasteiger partial charge in [-0.25, -0.2) is 0 Å². The number of aliphatic hydroxyl groups is 2. The predicted octanol–water partition coefficient (Wildman–Crippen LogP) is 20.4. The van der Waals surface area contributed by atoms with Gasteiger partial charge in [0.1, 0.15) is 0 Å². The monoisotopic (exact) mass is 1000 g/mol. The summed E-state index contributed by atoms with van der Waals surface area (Å²) in [6.07, 6.45) is 74.0. The van der Waals surface area contributed by atoms with Crippen molar-refractivity contribution < 1.29 is 24.5 Å². The summed E-state index contributed by atoms with van der Waals surface area (Å²) in [4.78, 5) is 24.6. The second kappa shape index (κ2) is 61.1. The molecule has 0 saturated heterocycles. The molecule has 0 aliphatic carbocycles. The molecule has 0 rings (SSSR count). The van der Waals surface area contributed by atoms with Gasteiger partial charge < -0.3 is 20.3 Å². The SMILES string of the molecule is CCCCCCCCCCCCCCCCCCCCCCCCC/C=C/C(O)C(CO)NC(=O)CCCCCCCCCCCCCCOC(=O)CCCCCCCCCCCCCCCCCCC. The zero-order valence-electron chi connectivity index (χ0n) is 48.2. The highest BCUT2D eigenvalue weighted by Gasteiger charge is 2.18. The molecule has 2 unspecified atom stereocenters. The summed E-state index contributed by atoms with van der Waals surface area (Å²) in [5, 5.41) is 23.2. The molecule has 0 aromatic heterocycles. The van der Waals surface area contributed by atoms with E-state index < -0.39 is 12.1 Å². The molecule has 1 amide bonds. The summed E-state index contributed by atoms with van der Waals surface area (Å²) in [6, 6.07) is -0.640. The molecule has 0 saturated carbocycles. The number of amides is 1. The number of allylic oxidation sites excluding steroid dienone is 1. The summed E-state index contributed by atoms with van der Waals surface area (Å²) in [5.41, 5.74) is 0. The summed E-state index contributed by atoms with van der Waals surface area (Å²) in [6.45, 7) is 4.91. The van der Waals surface area contributed by atoms with Crippen LogP contribution in [-0.2, 0) is 14.3 Å². The van der Waals surface area contributed by atoms with Gasteiger partial charge in [0, 0.05) is 12.8 Å². The molecule has 0 aromatic carbocycles. The highest BCUT2D eigenvalue weighted by molar-refractivity contribution is 5.76. The van der Waals surface area contributed by atoms with Crippen molar-refractivity contribution in [2.75, 3.05) is 13.2 Å². The number of carbonyl (C=O) groups excluding carboxylic acids is 2. The maximum absolute atomic E-state index is 12.5. The molecule has 0 bridgehead atoms. The van der Waals surface area contributed by atoms with Crippen molar-refractivity contribution in [3.8, 4) is 0 Å². The molecule has 0 heterocycles. The first-order chi connectivity index (χ1) is 35.0. The van der Waals surface area contributed by atoms with E-state index in [0.717, 1.165) is 57.8 Å². The van der Waals surface area contributed by atoms with Crippen LogP contribution in [0.25, 0.3) is 0 Å². The van der Waals surface area contributed by atoms with E-state index in [0.29, 0.717) is 19.4 Å². The van der Waals surface area contributed by atoms with E-state index in [1.807, 2.05) is 6.08 Å². The lowest BCUT2D eigenvalue weighted by molar-refractivity contribution is -0.143. The minimum atomic E-state index is -0.855. The maximum atomic E-state index is 12.5. The lowest BCUT2D eigenvalue weighted by Gasteiger charge is -2.20. The van der Waals surface area contributed by atoms with Gasteiger partial charge in [-0.1, -0.05) is 334 Å². The van der Waals surface area contributed by atoms with Gasteiger partial charge in [-0.2, -0.15) is 0 Å². The van der Waals surface area contributed by atoms with E-state index in [2.05, 4.69) is 19.2 Å². The molecule has 422 valence electrons. The van der Waals surface area contributed by atoms with Crippen molar-refractivity contribution >= 4 is 11.9 Å². The van der Waals surface area contributed by atoms with Crippen LogP contribution in [0.4, 0.5) is 0 Å². The average Bonchev–Trinajstić information content (AvgIpc) is 3.37. The first kappa shape index (κ1) is 69.6. The Morgan fingerprint density at radius 1 is 0.380 bits per heavy atom. The molecule has 0 aliphatic rings. The Kier molecular flexibility index (Phi) is 59.9. The van der Waals surface area contributed by atoms with Gasteiger partial charge in [-0.15, -0.1) is 0 Å². The number of hydrogen-bond donors (Lipinski definition) is 3. The average molecular weight is 1000 g/mol. The summed E-state index contributed by atoms with van der Waals surface area (Å²) in [5.74, 6) is -0.0840. The smallest absolute Gasteiger partial charge is 0.305 e. The van der Waals surface area contributed by atoms with Crippen LogP contribution in [0.3, 0.4) is 0 Å². The van der Waals surface area contributed by atoms with Gasteiger partial charge in [0.15, 0.2) is 0 Å². The summed E-state index contributed by atoms with van der Waals surface area (Å²) >= 11 is 0. The molecule has 2 atom stereocenters. The molecule has 6 heteroatoms. The van der Waals surface area contributed by atoms with Crippen molar-refractivity contribution in [3.63, 3.8) is 0 Å².